The van der Waals surface area contributed by atoms with E-state index < -0.39 is 0 Å². The number of benzene rings is 1. The Morgan fingerprint density at radius 2 is 2.17 bits per heavy atom. The molecule has 0 N–H and O–H groups in total. The molecule has 1 aliphatic rings. The van der Waals surface area contributed by atoms with Gasteiger partial charge in [0.2, 0.25) is 5.89 Å². The average molecular weight is 312 g/mol. The van der Waals surface area contributed by atoms with E-state index in [0.717, 1.165) is 55.1 Å². The summed E-state index contributed by atoms with van der Waals surface area (Å²) in [6.07, 6.45) is 2.85. The van der Waals surface area contributed by atoms with Gasteiger partial charge in [0.25, 0.3) is 0 Å². The lowest BCUT2D eigenvalue weighted by molar-refractivity contribution is 0.0705. The van der Waals surface area contributed by atoms with Crippen LogP contribution in [0.4, 0.5) is 0 Å². The normalized spacial score (nSPS) is 18.6. The number of rotatable bonds is 4. The van der Waals surface area contributed by atoms with Crippen molar-refractivity contribution < 1.29 is 9.26 Å². The van der Waals surface area contributed by atoms with E-state index >= 15 is 0 Å². The molecule has 1 aliphatic heterocycles. The average Bonchev–Trinajstić information content (AvgIpc) is 3.18. The number of fused-ring (bicyclic) bond motifs is 1. The van der Waals surface area contributed by atoms with Crippen molar-refractivity contribution in [3.63, 3.8) is 0 Å². The summed E-state index contributed by atoms with van der Waals surface area (Å²) >= 11 is 0. The largest absolute Gasteiger partial charge is 0.381 e. The highest BCUT2D eigenvalue weighted by Gasteiger charge is 2.22. The first-order valence-electron chi connectivity index (χ1n) is 8.13. The van der Waals surface area contributed by atoms with Crippen LogP contribution >= 0.6 is 0 Å². The summed E-state index contributed by atoms with van der Waals surface area (Å²) in [5, 5.41) is 4.13. The number of ether oxygens (including phenoxy) is 1. The van der Waals surface area contributed by atoms with Crippen molar-refractivity contribution in [2.24, 2.45) is 0 Å². The Kier molecular flexibility index (Phi) is 3.83. The highest BCUT2D eigenvalue weighted by Crippen LogP contribution is 2.24. The molecule has 0 saturated carbocycles. The molecular weight excluding hydrogens is 292 g/mol. The zero-order chi connectivity index (χ0) is 15.6. The molecule has 0 spiro atoms. The summed E-state index contributed by atoms with van der Waals surface area (Å²) in [4.78, 5) is 9.14. The Labute approximate surface area is 134 Å². The van der Waals surface area contributed by atoms with E-state index in [1.54, 1.807) is 0 Å². The molecule has 120 valence electrons. The van der Waals surface area contributed by atoms with Crippen molar-refractivity contribution in [1.29, 1.82) is 0 Å². The third-order valence-electron chi connectivity index (χ3n) is 4.40. The standard InChI is InChI=1S/C17H20N4O2/c1-12-18-14-6-2-3-7-15(14)21(12)9-8-16-19-17(23-20-16)13-5-4-10-22-11-13/h2-3,6-7,13H,4-5,8-11H2,1H3. The predicted octanol–water partition coefficient (Wildman–Crippen LogP) is 2.86. The van der Waals surface area contributed by atoms with Gasteiger partial charge in [-0.2, -0.15) is 4.98 Å². The maximum absolute atomic E-state index is 5.49. The molecule has 0 amide bonds. The van der Waals surface area contributed by atoms with Crippen molar-refractivity contribution >= 4 is 11.0 Å². The maximum Gasteiger partial charge on any atom is 0.232 e. The maximum atomic E-state index is 5.49. The zero-order valence-corrected chi connectivity index (χ0v) is 13.2. The van der Waals surface area contributed by atoms with E-state index in [9.17, 15) is 0 Å². The molecule has 6 nitrogen and oxygen atoms in total. The van der Waals surface area contributed by atoms with Crippen LogP contribution < -0.4 is 0 Å². The summed E-state index contributed by atoms with van der Waals surface area (Å²) in [7, 11) is 0. The minimum absolute atomic E-state index is 0.251. The first-order chi connectivity index (χ1) is 11.3. The van der Waals surface area contributed by atoms with Gasteiger partial charge < -0.3 is 13.8 Å². The van der Waals surface area contributed by atoms with Crippen LogP contribution in [0.15, 0.2) is 28.8 Å². The zero-order valence-electron chi connectivity index (χ0n) is 13.2. The van der Waals surface area contributed by atoms with Gasteiger partial charge in [-0.1, -0.05) is 17.3 Å². The smallest absolute Gasteiger partial charge is 0.232 e. The number of imidazole rings is 1. The van der Waals surface area contributed by atoms with Crippen LogP contribution in [-0.2, 0) is 17.7 Å². The van der Waals surface area contributed by atoms with Crippen LogP contribution in [0.5, 0.6) is 0 Å². The van der Waals surface area contributed by atoms with Crippen LogP contribution in [0.1, 0.15) is 36.3 Å². The fourth-order valence-electron chi connectivity index (χ4n) is 3.16. The first-order valence-corrected chi connectivity index (χ1v) is 8.13. The monoisotopic (exact) mass is 312 g/mol. The molecule has 1 aromatic carbocycles. The van der Waals surface area contributed by atoms with Crippen LogP contribution in [0, 0.1) is 6.92 Å². The molecule has 1 saturated heterocycles. The number of hydrogen-bond acceptors (Lipinski definition) is 5. The third-order valence-corrected chi connectivity index (χ3v) is 4.40. The van der Waals surface area contributed by atoms with Crippen molar-refractivity contribution in [1.82, 2.24) is 19.7 Å². The molecule has 0 aliphatic carbocycles. The molecule has 4 rings (SSSR count). The number of aromatic nitrogens is 4. The molecule has 23 heavy (non-hydrogen) atoms. The Bertz CT molecular complexity index is 802. The van der Waals surface area contributed by atoms with Crippen LogP contribution in [-0.4, -0.2) is 32.9 Å². The molecule has 0 bridgehead atoms. The van der Waals surface area contributed by atoms with Crippen molar-refractivity contribution in [2.45, 2.75) is 38.6 Å². The van der Waals surface area contributed by atoms with Crippen molar-refractivity contribution in [3.8, 4) is 0 Å². The quantitative estimate of drug-likeness (QED) is 0.741. The summed E-state index contributed by atoms with van der Waals surface area (Å²) in [5.74, 6) is 2.73. The van der Waals surface area contributed by atoms with Gasteiger partial charge in [-0.15, -0.1) is 0 Å². The number of para-hydroxylation sites is 2. The molecule has 3 heterocycles. The van der Waals surface area contributed by atoms with Crippen molar-refractivity contribution in [2.75, 3.05) is 13.2 Å². The van der Waals surface area contributed by atoms with Crippen LogP contribution in [0.25, 0.3) is 11.0 Å². The molecular formula is C17H20N4O2. The number of nitrogens with zero attached hydrogens (tertiary/aromatic N) is 4. The molecule has 1 atom stereocenters. The predicted molar refractivity (Wildman–Crippen MR) is 85.3 cm³/mol. The van der Waals surface area contributed by atoms with Gasteiger partial charge in [0.1, 0.15) is 5.82 Å². The van der Waals surface area contributed by atoms with Crippen LogP contribution in [0.3, 0.4) is 0 Å². The van der Waals surface area contributed by atoms with E-state index in [1.807, 2.05) is 25.1 Å². The minimum Gasteiger partial charge on any atom is -0.381 e. The van der Waals surface area contributed by atoms with Gasteiger partial charge in [0.05, 0.1) is 23.6 Å². The Morgan fingerprint density at radius 3 is 3.04 bits per heavy atom. The second-order valence-electron chi connectivity index (χ2n) is 6.01. The van der Waals surface area contributed by atoms with Gasteiger partial charge >= 0.3 is 0 Å². The SMILES string of the molecule is Cc1nc2ccccc2n1CCc1noc(C2CCCOC2)n1. The van der Waals surface area contributed by atoms with Crippen LogP contribution in [0.2, 0.25) is 0 Å². The third kappa shape index (κ3) is 2.86. The highest BCUT2D eigenvalue weighted by molar-refractivity contribution is 5.75. The highest BCUT2D eigenvalue weighted by atomic mass is 16.5. The van der Waals surface area contributed by atoms with Gasteiger partial charge in [-0.3, -0.25) is 0 Å². The molecule has 0 radical (unpaired) electrons. The van der Waals surface area contributed by atoms with Crippen molar-refractivity contribution in [3.05, 3.63) is 41.8 Å². The molecule has 6 heteroatoms. The molecule has 1 unspecified atom stereocenters. The second-order valence-corrected chi connectivity index (χ2v) is 6.01. The topological polar surface area (TPSA) is 66.0 Å². The fraction of sp³-hybridized carbons (Fsp3) is 0.471. The van der Waals surface area contributed by atoms with E-state index in [1.165, 1.54) is 0 Å². The van der Waals surface area contributed by atoms with E-state index in [2.05, 4.69) is 25.8 Å². The lowest BCUT2D eigenvalue weighted by Gasteiger charge is -2.18. The lowest BCUT2D eigenvalue weighted by Crippen LogP contribution is -2.15. The van der Waals surface area contributed by atoms with E-state index in [-0.39, 0.29) is 5.92 Å². The Morgan fingerprint density at radius 1 is 1.26 bits per heavy atom. The Balaban J connectivity index is 1.48. The van der Waals surface area contributed by atoms with Gasteiger partial charge in [-0.25, -0.2) is 4.98 Å². The number of hydrogen-bond donors (Lipinski definition) is 0. The van der Waals surface area contributed by atoms with Gasteiger partial charge in [0, 0.05) is 19.6 Å². The fourth-order valence-corrected chi connectivity index (χ4v) is 3.16. The lowest BCUT2D eigenvalue weighted by atomic mass is 10.0. The summed E-state index contributed by atoms with van der Waals surface area (Å²) in [6, 6.07) is 8.18. The number of aryl methyl sites for hydroxylation is 3. The van der Waals surface area contributed by atoms with Gasteiger partial charge in [0.15, 0.2) is 5.82 Å². The van der Waals surface area contributed by atoms with E-state index in [0.29, 0.717) is 12.5 Å². The first kappa shape index (κ1) is 14.4. The summed E-state index contributed by atoms with van der Waals surface area (Å²) in [5.41, 5.74) is 2.17. The summed E-state index contributed by atoms with van der Waals surface area (Å²) < 4.78 is 13.1. The van der Waals surface area contributed by atoms with E-state index in [4.69, 9.17) is 9.26 Å². The summed E-state index contributed by atoms with van der Waals surface area (Å²) in [6.45, 7) is 4.35. The minimum atomic E-state index is 0.251. The second kappa shape index (κ2) is 6.12. The molecule has 1 fully saturated rings. The molecule has 3 aromatic rings. The van der Waals surface area contributed by atoms with Gasteiger partial charge in [-0.05, 0) is 31.9 Å². The molecule has 2 aromatic heterocycles. The Hall–Kier alpha value is -2.21.